The molecule has 22 heavy (non-hydrogen) atoms. The van der Waals surface area contributed by atoms with Crippen LogP contribution in [0.1, 0.15) is 25.3 Å². The van der Waals surface area contributed by atoms with Crippen LogP contribution in [0.25, 0.3) is 0 Å². The van der Waals surface area contributed by atoms with Crippen molar-refractivity contribution >= 4 is 0 Å². The van der Waals surface area contributed by atoms with Crippen molar-refractivity contribution in [2.75, 3.05) is 34.5 Å². The molecule has 1 saturated heterocycles. The van der Waals surface area contributed by atoms with Crippen LogP contribution in [0.5, 0.6) is 17.2 Å². The molecule has 5 nitrogen and oxygen atoms in total. The SMILES string of the molecule is COc1ccc(CNC[C@@H]2CCO[C@@H](C)C2)c(OC)c1OC. The lowest BCUT2D eigenvalue weighted by atomic mass is 9.96. The zero-order valence-electron chi connectivity index (χ0n) is 14.0. The fourth-order valence-corrected chi connectivity index (χ4v) is 2.99. The van der Waals surface area contributed by atoms with Crippen molar-refractivity contribution in [2.45, 2.75) is 32.4 Å². The van der Waals surface area contributed by atoms with E-state index in [0.29, 0.717) is 23.5 Å². The second-order valence-electron chi connectivity index (χ2n) is 5.70. The quantitative estimate of drug-likeness (QED) is 0.839. The Labute approximate surface area is 132 Å². The highest BCUT2D eigenvalue weighted by Crippen LogP contribution is 2.39. The highest BCUT2D eigenvalue weighted by Gasteiger charge is 2.20. The van der Waals surface area contributed by atoms with E-state index in [1.807, 2.05) is 12.1 Å². The molecular formula is C17H27NO4. The van der Waals surface area contributed by atoms with Crippen molar-refractivity contribution in [3.63, 3.8) is 0 Å². The number of hydrogen-bond acceptors (Lipinski definition) is 5. The van der Waals surface area contributed by atoms with Crippen LogP contribution in [0.3, 0.4) is 0 Å². The maximum Gasteiger partial charge on any atom is 0.203 e. The second kappa shape index (κ2) is 8.25. The van der Waals surface area contributed by atoms with Crippen molar-refractivity contribution in [2.24, 2.45) is 5.92 Å². The Hall–Kier alpha value is -1.46. The van der Waals surface area contributed by atoms with Gasteiger partial charge in [0.25, 0.3) is 0 Å². The van der Waals surface area contributed by atoms with E-state index in [1.165, 1.54) is 0 Å². The van der Waals surface area contributed by atoms with E-state index >= 15 is 0 Å². The van der Waals surface area contributed by atoms with E-state index < -0.39 is 0 Å². The van der Waals surface area contributed by atoms with Gasteiger partial charge in [0.15, 0.2) is 11.5 Å². The average molecular weight is 309 g/mol. The van der Waals surface area contributed by atoms with Gasteiger partial charge in [-0.15, -0.1) is 0 Å². The maximum atomic E-state index is 5.59. The summed E-state index contributed by atoms with van der Waals surface area (Å²) < 4.78 is 21.8. The molecule has 1 aromatic rings. The molecule has 0 spiro atoms. The molecule has 0 bridgehead atoms. The molecule has 0 aliphatic carbocycles. The molecule has 0 amide bonds. The molecule has 0 saturated carbocycles. The smallest absolute Gasteiger partial charge is 0.203 e. The third kappa shape index (κ3) is 4.05. The lowest BCUT2D eigenvalue weighted by Crippen LogP contribution is -2.31. The summed E-state index contributed by atoms with van der Waals surface area (Å²) >= 11 is 0. The van der Waals surface area contributed by atoms with Gasteiger partial charge >= 0.3 is 0 Å². The van der Waals surface area contributed by atoms with Crippen molar-refractivity contribution in [3.8, 4) is 17.2 Å². The summed E-state index contributed by atoms with van der Waals surface area (Å²) in [5.41, 5.74) is 1.07. The van der Waals surface area contributed by atoms with Crippen LogP contribution >= 0.6 is 0 Å². The maximum absolute atomic E-state index is 5.59. The number of methoxy groups -OCH3 is 3. The first-order chi connectivity index (χ1) is 10.7. The Morgan fingerprint density at radius 1 is 1.14 bits per heavy atom. The molecular weight excluding hydrogens is 282 g/mol. The Morgan fingerprint density at radius 2 is 1.91 bits per heavy atom. The van der Waals surface area contributed by atoms with E-state index in [2.05, 4.69) is 12.2 Å². The van der Waals surface area contributed by atoms with Crippen LogP contribution < -0.4 is 19.5 Å². The molecule has 1 aliphatic heterocycles. The lowest BCUT2D eigenvalue weighted by molar-refractivity contribution is 0.00288. The predicted molar refractivity (Wildman–Crippen MR) is 85.9 cm³/mol. The molecule has 1 aliphatic rings. The van der Waals surface area contributed by atoms with Crippen LogP contribution in [0.4, 0.5) is 0 Å². The summed E-state index contributed by atoms with van der Waals surface area (Å²) in [6.07, 6.45) is 2.62. The summed E-state index contributed by atoms with van der Waals surface area (Å²) in [6.45, 7) is 4.75. The van der Waals surface area contributed by atoms with Crippen molar-refractivity contribution in [1.29, 1.82) is 0 Å². The van der Waals surface area contributed by atoms with Crippen molar-refractivity contribution in [1.82, 2.24) is 5.32 Å². The number of ether oxygens (including phenoxy) is 4. The van der Waals surface area contributed by atoms with Crippen LogP contribution in [0.2, 0.25) is 0 Å². The third-order valence-corrected chi connectivity index (χ3v) is 4.13. The molecule has 1 N–H and O–H groups in total. The van der Waals surface area contributed by atoms with E-state index in [-0.39, 0.29) is 0 Å². The highest BCUT2D eigenvalue weighted by molar-refractivity contribution is 5.55. The Bertz CT molecular complexity index is 478. The van der Waals surface area contributed by atoms with Gasteiger partial charge in [-0.2, -0.15) is 0 Å². The zero-order chi connectivity index (χ0) is 15.9. The van der Waals surface area contributed by atoms with Crippen LogP contribution in [-0.2, 0) is 11.3 Å². The summed E-state index contributed by atoms with van der Waals surface area (Å²) in [5.74, 6) is 2.73. The third-order valence-electron chi connectivity index (χ3n) is 4.13. The van der Waals surface area contributed by atoms with E-state index in [9.17, 15) is 0 Å². The van der Waals surface area contributed by atoms with Gasteiger partial charge < -0.3 is 24.3 Å². The van der Waals surface area contributed by atoms with Gasteiger partial charge in [-0.05, 0) is 38.3 Å². The first kappa shape index (κ1) is 16.9. The number of nitrogens with one attached hydrogen (secondary N) is 1. The van der Waals surface area contributed by atoms with E-state index in [4.69, 9.17) is 18.9 Å². The van der Waals surface area contributed by atoms with Gasteiger partial charge in [0.05, 0.1) is 27.4 Å². The Kier molecular flexibility index (Phi) is 6.34. The van der Waals surface area contributed by atoms with Crippen LogP contribution in [-0.4, -0.2) is 40.6 Å². The van der Waals surface area contributed by atoms with Gasteiger partial charge in [-0.25, -0.2) is 0 Å². The van der Waals surface area contributed by atoms with Crippen LogP contribution in [0.15, 0.2) is 12.1 Å². The van der Waals surface area contributed by atoms with Gasteiger partial charge in [0.1, 0.15) is 0 Å². The largest absolute Gasteiger partial charge is 0.493 e. The molecule has 0 radical (unpaired) electrons. The minimum atomic E-state index is 0.371. The van der Waals surface area contributed by atoms with Crippen molar-refractivity contribution in [3.05, 3.63) is 17.7 Å². The van der Waals surface area contributed by atoms with Crippen molar-refractivity contribution < 1.29 is 18.9 Å². The summed E-state index contributed by atoms with van der Waals surface area (Å²) in [5, 5.41) is 3.52. The molecule has 1 aromatic carbocycles. The van der Waals surface area contributed by atoms with Crippen LogP contribution in [0, 0.1) is 5.92 Å². The molecule has 124 valence electrons. The number of rotatable bonds is 7. The summed E-state index contributed by atoms with van der Waals surface area (Å²) in [4.78, 5) is 0. The Balaban J connectivity index is 1.97. The molecule has 2 rings (SSSR count). The fraction of sp³-hybridized carbons (Fsp3) is 0.647. The Morgan fingerprint density at radius 3 is 2.55 bits per heavy atom. The minimum Gasteiger partial charge on any atom is -0.493 e. The number of hydrogen-bond donors (Lipinski definition) is 1. The average Bonchev–Trinajstić information content (AvgIpc) is 2.54. The monoisotopic (exact) mass is 309 g/mol. The molecule has 5 heteroatoms. The summed E-state index contributed by atoms with van der Waals surface area (Å²) in [6, 6.07) is 3.93. The lowest BCUT2D eigenvalue weighted by Gasteiger charge is -2.27. The standard InChI is InChI=1S/C17H27NO4/c1-12-9-13(7-8-22-12)10-18-11-14-5-6-15(19-2)17(21-4)16(14)20-3/h5-6,12-13,18H,7-11H2,1-4H3/t12-,13+/m0/s1. The first-order valence-electron chi connectivity index (χ1n) is 7.79. The van der Waals surface area contributed by atoms with Gasteiger partial charge in [0, 0.05) is 18.7 Å². The van der Waals surface area contributed by atoms with Gasteiger partial charge in [-0.1, -0.05) is 6.07 Å². The summed E-state index contributed by atoms with van der Waals surface area (Å²) in [7, 11) is 4.91. The first-order valence-corrected chi connectivity index (χ1v) is 7.79. The zero-order valence-corrected chi connectivity index (χ0v) is 14.0. The normalized spacial score (nSPS) is 21.5. The predicted octanol–water partition coefficient (Wildman–Crippen LogP) is 2.62. The number of benzene rings is 1. The molecule has 1 heterocycles. The topological polar surface area (TPSA) is 49.0 Å². The second-order valence-corrected chi connectivity index (χ2v) is 5.70. The van der Waals surface area contributed by atoms with Gasteiger partial charge in [-0.3, -0.25) is 0 Å². The van der Waals surface area contributed by atoms with E-state index in [0.717, 1.165) is 43.9 Å². The molecule has 2 atom stereocenters. The van der Waals surface area contributed by atoms with E-state index in [1.54, 1.807) is 21.3 Å². The van der Waals surface area contributed by atoms with Gasteiger partial charge in [0.2, 0.25) is 5.75 Å². The molecule has 1 fully saturated rings. The molecule has 0 unspecified atom stereocenters. The highest BCUT2D eigenvalue weighted by atomic mass is 16.5. The fourth-order valence-electron chi connectivity index (χ4n) is 2.99. The minimum absolute atomic E-state index is 0.371. The molecule has 0 aromatic heterocycles.